The molecule has 1 saturated heterocycles. The van der Waals surface area contributed by atoms with Gasteiger partial charge in [0.05, 0.1) is 23.9 Å². The zero-order chi connectivity index (χ0) is 22.4. The molecule has 1 fully saturated rings. The molecule has 1 aromatic heterocycles. The number of sulfonamides is 1. The summed E-state index contributed by atoms with van der Waals surface area (Å²) in [5.74, 6) is 1.12. The molecule has 1 aliphatic rings. The lowest BCUT2D eigenvalue weighted by Crippen LogP contribution is -2.38. The van der Waals surface area contributed by atoms with Gasteiger partial charge < -0.3 is 9.32 Å². The average molecular weight is 446 g/mol. The Hall–Kier alpha value is -2.12. The Balaban J connectivity index is 2.04. The van der Waals surface area contributed by atoms with Gasteiger partial charge in [-0.15, -0.1) is 0 Å². The van der Waals surface area contributed by atoms with Crippen molar-refractivity contribution >= 4 is 27.6 Å². The molecular formula is C24H35N3O3S. The maximum absolute atomic E-state index is 13.9. The maximum atomic E-state index is 13.9. The topological polar surface area (TPSA) is 66.1 Å². The van der Waals surface area contributed by atoms with Gasteiger partial charge in [-0.3, -0.25) is 4.99 Å². The van der Waals surface area contributed by atoms with Gasteiger partial charge in [0.15, 0.2) is 0 Å². The number of aliphatic imine (C=N–C) groups is 1. The highest BCUT2D eigenvalue weighted by Crippen LogP contribution is 2.34. The second-order valence-electron chi connectivity index (χ2n) is 9.08. The number of anilines is 1. The van der Waals surface area contributed by atoms with E-state index < -0.39 is 10.0 Å². The van der Waals surface area contributed by atoms with Gasteiger partial charge in [-0.2, -0.15) is 4.31 Å². The van der Waals surface area contributed by atoms with Crippen molar-refractivity contribution in [1.29, 1.82) is 0 Å². The summed E-state index contributed by atoms with van der Waals surface area (Å²) >= 11 is 0. The molecule has 0 atom stereocenters. The molecule has 0 aliphatic carbocycles. The first-order chi connectivity index (χ1) is 14.8. The normalized spacial score (nSPS) is 15.6. The molecule has 0 spiro atoms. The van der Waals surface area contributed by atoms with Crippen LogP contribution in [0.1, 0.15) is 52.7 Å². The minimum absolute atomic E-state index is 0.243. The van der Waals surface area contributed by atoms with Crippen LogP contribution in [-0.4, -0.2) is 45.1 Å². The van der Waals surface area contributed by atoms with E-state index in [4.69, 9.17) is 4.42 Å². The van der Waals surface area contributed by atoms with Gasteiger partial charge in [0.2, 0.25) is 10.0 Å². The quantitative estimate of drug-likeness (QED) is 0.490. The van der Waals surface area contributed by atoms with Crippen LogP contribution in [0.5, 0.6) is 0 Å². The van der Waals surface area contributed by atoms with Crippen molar-refractivity contribution in [3.05, 3.63) is 42.4 Å². The lowest BCUT2D eigenvalue weighted by atomic mass is 10.1. The van der Waals surface area contributed by atoms with E-state index in [0.717, 1.165) is 31.6 Å². The molecule has 170 valence electrons. The molecule has 0 N–H and O–H groups in total. The van der Waals surface area contributed by atoms with E-state index in [-0.39, 0.29) is 11.8 Å². The molecule has 3 rings (SSSR count). The van der Waals surface area contributed by atoms with Crippen molar-refractivity contribution in [2.24, 2.45) is 16.8 Å². The number of benzene rings is 1. The number of nitrogens with zero attached hydrogens (tertiary/aromatic N) is 3. The zero-order valence-electron chi connectivity index (χ0n) is 19.1. The summed E-state index contributed by atoms with van der Waals surface area (Å²) in [6.45, 7) is 11.0. The Morgan fingerprint density at radius 3 is 2.32 bits per heavy atom. The van der Waals surface area contributed by atoms with E-state index in [1.165, 1.54) is 6.42 Å². The van der Waals surface area contributed by atoms with Gasteiger partial charge in [0.25, 0.3) is 0 Å². The largest absolute Gasteiger partial charge is 0.463 e. The molecule has 0 bridgehead atoms. The highest BCUT2D eigenvalue weighted by atomic mass is 32.2. The van der Waals surface area contributed by atoms with Gasteiger partial charge in [0, 0.05) is 26.2 Å². The van der Waals surface area contributed by atoms with E-state index in [0.29, 0.717) is 29.4 Å². The molecule has 1 aliphatic heterocycles. The number of hydrogen-bond donors (Lipinski definition) is 0. The standard InChI is InChI=1S/C24H35N3O3S/c1-19(2)17-27(18-20(3)4)31(28,29)24-15-21(25-16-22-9-8-14-30-22)10-11-23(24)26-12-6-5-7-13-26/h8-11,14-16,19-20H,5-7,12-13,17-18H2,1-4H3. The fourth-order valence-electron chi connectivity index (χ4n) is 3.91. The van der Waals surface area contributed by atoms with Gasteiger partial charge in [0.1, 0.15) is 10.7 Å². The van der Waals surface area contributed by atoms with E-state index in [9.17, 15) is 8.42 Å². The molecule has 31 heavy (non-hydrogen) atoms. The molecule has 0 unspecified atom stereocenters. The van der Waals surface area contributed by atoms with E-state index in [2.05, 4.69) is 37.6 Å². The van der Waals surface area contributed by atoms with Crippen molar-refractivity contribution in [3.8, 4) is 0 Å². The zero-order valence-corrected chi connectivity index (χ0v) is 19.9. The summed E-state index contributed by atoms with van der Waals surface area (Å²) in [4.78, 5) is 7.03. The van der Waals surface area contributed by atoms with Crippen LogP contribution in [0.25, 0.3) is 0 Å². The lowest BCUT2D eigenvalue weighted by molar-refractivity contribution is 0.333. The summed E-state index contributed by atoms with van der Waals surface area (Å²) < 4.78 is 34.7. The highest BCUT2D eigenvalue weighted by Gasteiger charge is 2.30. The van der Waals surface area contributed by atoms with E-state index in [1.54, 1.807) is 28.9 Å². The number of piperidine rings is 1. The Bertz CT molecular complexity index is 950. The lowest BCUT2D eigenvalue weighted by Gasteiger charge is -2.32. The predicted molar refractivity (Wildman–Crippen MR) is 127 cm³/mol. The third-order valence-electron chi connectivity index (χ3n) is 5.28. The smallest absolute Gasteiger partial charge is 0.245 e. The molecule has 2 heterocycles. The highest BCUT2D eigenvalue weighted by molar-refractivity contribution is 7.89. The average Bonchev–Trinajstić information content (AvgIpc) is 3.25. The van der Waals surface area contributed by atoms with E-state index in [1.807, 2.05) is 18.2 Å². The third-order valence-corrected chi connectivity index (χ3v) is 7.14. The first kappa shape index (κ1) is 23.5. The Morgan fingerprint density at radius 1 is 1.06 bits per heavy atom. The Morgan fingerprint density at radius 2 is 1.74 bits per heavy atom. The molecule has 0 radical (unpaired) electrons. The van der Waals surface area contributed by atoms with Crippen LogP contribution in [-0.2, 0) is 10.0 Å². The monoisotopic (exact) mass is 445 g/mol. The third kappa shape index (κ3) is 6.20. The fourth-order valence-corrected chi connectivity index (χ4v) is 5.91. The summed E-state index contributed by atoms with van der Waals surface area (Å²) in [5.41, 5.74) is 1.39. The van der Waals surface area contributed by atoms with Gasteiger partial charge in [-0.1, -0.05) is 27.7 Å². The van der Waals surface area contributed by atoms with Crippen LogP contribution in [0.4, 0.5) is 11.4 Å². The molecule has 7 heteroatoms. The minimum Gasteiger partial charge on any atom is -0.463 e. The van der Waals surface area contributed by atoms with Crippen molar-refractivity contribution in [1.82, 2.24) is 4.31 Å². The summed E-state index contributed by atoms with van der Waals surface area (Å²) in [7, 11) is -3.67. The van der Waals surface area contributed by atoms with Crippen LogP contribution < -0.4 is 4.90 Å². The van der Waals surface area contributed by atoms with E-state index >= 15 is 0 Å². The van der Waals surface area contributed by atoms with Crippen LogP contribution in [0.15, 0.2) is 50.9 Å². The van der Waals surface area contributed by atoms with Gasteiger partial charge >= 0.3 is 0 Å². The van der Waals surface area contributed by atoms with Crippen LogP contribution in [0.2, 0.25) is 0 Å². The molecule has 0 amide bonds. The van der Waals surface area contributed by atoms with Crippen LogP contribution >= 0.6 is 0 Å². The predicted octanol–water partition coefficient (Wildman–Crippen LogP) is 5.32. The summed E-state index contributed by atoms with van der Waals surface area (Å²) in [6.07, 6.45) is 6.56. The SMILES string of the molecule is CC(C)CN(CC(C)C)S(=O)(=O)c1cc(N=Cc2ccco2)ccc1N1CCCCC1. The Labute approximate surface area is 187 Å². The number of hydrogen-bond acceptors (Lipinski definition) is 5. The fraction of sp³-hybridized carbons (Fsp3) is 0.542. The summed E-state index contributed by atoms with van der Waals surface area (Å²) in [6, 6.07) is 9.13. The van der Waals surface area contributed by atoms with Crippen LogP contribution in [0, 0.1) is 11.8 Å². The minimum atomic E-state index is -3.67. The maximum Gasteiger partial charge on any atom is 0.245 e. The summed E-state index contributed by atoms with van der Waals surface area (Å²) in [5, 5.41) is 0. The molecule has 2 aromatic rings. The molecular weight excluding hydrogens is 410 g/mol. The second-order valence-corrected chi connectivity index (χ2v) is 11.0. The van der Waals surface area contributed by atoms with Crippen molar-refractivity contribution in [3.63, 3.8) is 0 Å². The molecule has 0 saturated carbocycles. The number of furan rings is 1. The first-order valence-corrected chi connectivity index (χ1v) is 12.7. The number of rotatable bonds is 9. The van der Waals surface area contributed by atoms with Gasteiger partial charge in [-0.25, -0.2) is 8.42 Å². The van der Waals surface area contributed by atoms with Gasteiger partial charge in [-0.05, 0) is 61.4 Å². The van der Waals surface area contributed by atoms with Crippen molar-refractivity contribution in [2.45, 2.75) is 51.9 Å². The Kier molecular flexibility index (Phi) is 7.94. The second kappa shape index (κ2) is 10.5. The molecule has 6 nitrogen and oxygen atoms in total. The van der Waals surface area contributed by atoms with Crippen molar-refractivity contribution < 1.29 is 12.8 Å². The first-order valence-electron chi connectivity index (χ1n) is 11.2. The van der Waals surface area contributed by atoms with Crippen molar-refractivity contribution in [2.75, 3.05) is 31.1 Å². The van der Waals surface area contributed by atoms with Crippen LogP contribution in [0.3, 0.4) is 0 Å². The molecule has 1 aromatic carbocycles.